The Balaban J connectivity index is 0.000000451. The number of anilines is 1. The first-order valence-electron chi connectivity index (χ1n) is 8.96. The van der Waals surface area contributed by atoms with E-state index in [0.717, 1.165) is 5.69 Å². The van der Waals surface area contributed by atoms with Crippen molar-refractivity contribution in [3.05, 3.63) is 53.9 Å². The largest absolute Gasteiger partial charge is 0.508 e. The smallest absolute Gasteiger partial charge is 0.185 e. The fourth-order valence-electron chi connectivity index (χ4n) is 1.93. The number of hydrogen-bond acceptors (Lipinski definition) is 5. The molecule has 0 fully saturated rings. The zero-order chi connectivity index (χ0) is 20.8. The normalized spacial score (nSPS) is 8.81. The fraction of sp³-hybridized carbons (Fsp3) is 0.286. The number of nitrogens with one attached hydrogen (secondary N) is 2. The molecule has 6 nitrogen and oxygen atoms in total. The van der Waals surface area contributed by atoms with Crippen molar-refractivity contribution in [3.63, 3.8) is 0 Å². The Kier molecular flexibility index (Phi) is 11.6. The molecule has 3 N–H and O–H groups in total. The Morgan fingerprint density at radius 1 is 1.07 bits per heavy atom. The van der Waals surface area contributed by atoms with Crippen molar-refractivity contribution in [2.45, 2.75) is 34.6 Å². The van der Waals surface area contributed by atoms with Gasteiger partial charge in [-0.15, -0.1) is 0 Å². The molecule has 3 aromatic rings. The summed E-state index contributed by atoms with van der Waals surface area (Å²) in [4.78, 5) is 28.3. The molecule has 2 aromatic carbocycles. The van der Waals surface area contributed by atoms with Crippen molar-refractivity contribution in [2.24, 2.45) is 0 Å². The number of ketones is 1. The van der Waals surface area contributed by atoms with Gasteiger partial charge in [0.25, 0.3) is 0 Å². The molecule has 0 bridgehead atoms. The average Bonchev–Trinajstić information content (AvgIpc) is 3.14. The summed E-state index contributed by atoms with van der Waals surface area (Å²) < 4.78 is 0. The zero-order valence-corrected chi connectivity index (χ0v) is 16.8. The van der Waals surface area contributed by atoms with Crippen molar-refractivity contribution >= 4 is 28.8 Å². The number of aldehydes is 1. The molecule has 27 heavy (non-hydrogen) atoms. The molecule has 0 aliphatic heterocycles. The number of hydrogen-bond donors (Lipinski definition) is 3. The van der Waals surface area contributed by atoms with Gasteiger partial charge in [0.05, 0.1) is 11.0 Å². The monoisotopic (exact) mass is 371 g/mol. The molecule has 6 heteroatoms. The second-order valence-electron chi connectivity index (χ2n) is 4.82. The number of phenols is 1. The van der Waals surface area contributed by atoms with Gasteiger partial charge in [-0.2, -0.15) is 0 Å². The number of benzene rings is 2. The van der Waals surface area contributed by atoms with Crippen molar-refractivity contribution in [1.82, 2.24) is 9.97 Å². The Bertz CT molecular complexity index is 824. The lowest BCUT2D eigenvalue weighted by atomic mass is 10.1. The van der Waals surface area contributed by atoms with Crippen molar-refractivity contribution in [3.8, 4) is 5.75 Å². The molecule has 3 rings (SSSR count). The highest BCUT2D eigenvalue weighted by atomic mass is 16.3. The predicted molar refractivity (Wildman–Crippen MR) is 112 cm³/mol. The molecule has 0 saturated carbocycles. The van der Waals surface area contributed by atoms with Crippen LogP contribution in [0, 0.1) is 0 Å². The quantitative estimate of drug-likeness (QED) is 0.340. The molecule has 0 saturated heterocycles. The van der Waals surface area contributed by atoms with Gasteiger partial charge in [0.2, 0.25) is 0 Å². The number of aromatic amines is 1. The van der Waals surface area contributed by atoms with E-state index in [0.29, 0.717) is 28.6 Å². The number of fused-ring (bicyclic) bond motifs is 1. The molecule has 146 valence electrons. The van der Waals surface area contributed by atoms with Gasteiger partial charge < -0.3 is 15.4 Å². The topological polar surface area (TPSA) is 95.1 Å². The van der Waals surface area contributed by atoms with Crippen LogP contribution in [0.25, 0.3) is 11.0 Å². The molecule has 0 aliphatic rings. The average molecular weight is 371 g/mol. The van der Waals surface area contributed by atoms with E-state index in [1.54, 1.807) is 30.3 Å². The number of carbonyl (C=O) groups is 2. The van der Waals surface area contributed by atoms with E-state index in [1.165, 1.54) is 6.92 Å². The number of carbonyl (C=O) groups excluding carboxylic acids is 2. The summed E-state index contributed by atoms with van der Waals surface area (Å²) in [6.45, 7) is 9.50. The van der Waals surface area contributed by atoms with E-state index in [-0.39, 0.29) is 11.6 Å². The fourth-order valence-corrected chi connectivity index (χ4v) is 1.93. The van der Waals surface area contributed by atoms with Crippen LogP contribution >= 0.6 is 0 Å². The molecule has 0 aliphatic carbocycles. The van der Waals surface area contributed by atoms with Crippen LogP contribution in [0.4, 0.5) is 5.69 Å². The minimum Gasteiger partial charge on any atom is -0.508 e. The third kappa shape index (κ3) is 7.73. The van der Waals surface area contributed by atoms with E-state index >= 15 is 0 Å². The maximum absolute atomic E-state index is 11.1. The van der Waals surface area contributed by atoms with Crippen LogP contribution < -0.4 is 5.32 Å². The summed E-state index contributed by atoms with van der Waals surface area (Å²) in [7, 11) is 1.84. The Morgan fingerprint density at radius 2 is 1.67 bits per heavy atom. The van der Waals surface area contributed by atoms with Gasteiger partial charge in [-0.1, -0.05) is 27.7 Å². The second-order valence-corrected chi connectivity index (χ2v) is 4.82. The van der Waals surface area contributed by atoms with E-state index in [4.69, 9.17) is 5.11 Å². The minimum absolute atomic E-state index is 0.00541. The summed E-state index contributed by atoms with van der Waals surface area (Å²) >= 11 is 0. The SMILES string of the molecule is CC.CC.CC(=O)c1ccc2nc(C=O)[nH]c2c1.CNc1ccc(O)cc1. The summed E-state index contributed by atoms with van der Waals surface area (Å²) in [5.74, 6) is 0.573. The van der Waals surface area contributed by atoms with E-state index < -0.39 is 0 Å². The van der Waals surface area contributed by atoms with Crippen LogP contribution in [-0.2, 0) is 0 Å². The first kappa shape index (κ1) is 23.9. The maximum atomic E-state index is 11.1. The molecule has 0 radical (unpaired) electrons. The van der Waals surface area contributed by atoms with Gasteiger partial charge in [-0.05, 0) is 49.4 Å². The van der Waals surface area contributed by atoms with Crippen LogP contribution in [0.2, 0.25) is 0 Å². The highest BCUT2D eigenvalue weighted by molar-refractivity contribution is 5.97. The van der Waals surface area contributed by atoms with Crippen LogP contribution in [-0.4, -0.2) is 34.2 Å². The number of imidazole rings is 1. The lowest BCUT2D eigenvalue weighted by Crippen LogP contribution is -1.90. The first-order chi connectivity index (χ1) is 13.0. The third-order valence-corrected chi connectivity index (χ3v) is 3.17. The lowest BCUT2D eigenvalue weighted by molar-refractivity contribution is 0.101. The lowest BCUT2D eigenvalue weighted by Gasteiger charge is -1.96. The predicted octanol–water partition coefficient (Wildman–Crippen LogP) is 5.06. The van der Waals surface area contributed by atoms with Crippen LogP contribution in [0.1, 0.15) is 55.6 Å². The summed E-state index contributed by atoms with van der Waals surface area (Å²) in [5.41, 5.74) is 3.02. The van der Waals surface area contributed by atoms with Crippen molar-refractivity contribution in [1.29, 1.82) is 0 Å². The number of H-pyrrole nitrogens is 1. The Labute approximate surface area is 160 Å². The van der Waals surface area contributed by atoms with E-state index in [2.05, 4.69) is 15.3 Å². The summed E-state index contributed by atoms with van der Waals surface area (Å²) in [6, 6.07) is 12.0. The second kappa shape index (κ2) is 13.1. The maximum Gasteiger partial charge on any atom is 0.185 e. The van der Waals surface area contributed by atoms with Gasteiger partial charge >= 0.3 is 0 Å². The molecule has 0 unspecified atom stereocenters. The minimum atomic E-state index is -0.00541. The van der Waals surface area contributed by atoms with E-state index in [9.17, 15) is 9.59 Å². The molecule has 0 atom stereocenters. The molecule has 0 spiro atoms. The van der Waals surface area contributed by atoms with Crippen molar-refractivity contribution < 1.29 is 14.7 Å². The summed E-state index contributed by atoms with van der Waals surface area (Å²) in [5, 5.41) is 11.8. The van der Waals surface area contributed by atoms with Gasteiger partial charge in [0.15, 0.2) is 17.9 Å². The number of phenolic OH excluding ortho intramolecular Hbond substituents is 1. The number of aromatic nitrogens is 2. The molecule has 1 heterocycles. The first-order valence-corrected chi connectivity index (χ1v) is 8.96. The van der Waals surface area contributed by atoms with Gasteiger partial charge in [0, 0.05) is 18.3 Å². The number of Topliss-reactive ketones (excluding diaryl/α,β-unsaturated/α-hetero) is 1. The molecular formula is C21H29N3O3. The molecule has 1 aromatic heterocycles. The zero-order valence-electron chi connectivity index (χ0n) is 16.8. The number of nitrogens with zero attached hydrogens (tertiary/aromatic N) is 1. The number of aromatic hydroxyl groups is 1. The van der Waals surface area contributed by atoms with E-state index in [1.807, 2.05) is 46.9 Å². The van der Waals surface area contributed by atoms with Crippen LogP contribution in [0.5, 0.6) is 5.75 Å². The third-order valence-electron chi connectivity index (χ3n) is 3.17. The van der Waals surface area contributed by atoms with Crippen LogP contribution in [0.3, 0.4) is 0 Å². The van der Waals surface area contributed by atoms with Crippen molar-refractivity contribution in [2.75, 3.05) is 12.4 Å². The van der Waals surface area contributed by atoms with Gasteiger partial charge in [-0.3, -0.25) is 9.59 Å². The Morgan fingerprint density at radius 3 is 2.15 bits per heavy atom. The highest BCUT2D eigenvalue weighted by Gasteiger charge is 2.04. The highest BCUT2D eigenvalue weighted by Crippen LogP contribution is 2.13. The number of rotatable bonds is 3. The molecular weight excluding hydrogens is 342 g/mol. The Hall–Kier alpha value is -3.15. The molecule has 0 amide bonds. The van der Waals surface area contributed by atoms with Gasteiger partial charge in [0.1, 0.15) is 5.75 Å². The van der Waals surface area contributed by atoms with Gasteiger partial charge in [-0.25, -0.2) is 4.98 Å². The standard InChI is InChI=1S/C10H8N2O2.C7H9NO.2C2H6/c1-6(14)7-2-3-8-9(4-7)12-10(5-13)11-8;1-8-6-2-4-7(9)5-3-6;2*1-2/h2-5H,1H3,(H,11,12);2-5,8-9H,1H3;2*1-2H3. The summed E-state index contributed by atoms with van der Waals surface area (Å²) in [6.07, 6.45) is 0.646. The van der Waals surface area contributed by atoms with Crippen LogP contribution in [0.15, 0.2) is 42.5 Å².